The van der Waals surface area contributed by atoms with E-state index in [0.29, 0.717) is 18.2 Å². The molecule has 4 rings (SSSR count). The van der Waals surface area contributed by atoms with Crippen LogP contribution in [0, 0.1) is 0 Å². The fraction of sp³-hybridized carbons (Fsp3) is 0.611. The van der Waals surface area contributed by atoms with Gasteiger partial charge in [-0.25, -0.2) is 0 Å². The Bertz CT molecular complexity index is 587. The monoisotopic (exact) mass is 363 g/mol. The van der Waals surface area contributed by atoms with Gasteiger partial charge >= 0.3 is 0 Å². The molecular weight excluding hydrogens is 342 g/mol. The molecule has 1 aromatic carbocycles. The van der Waals surface area contributed by atoms with Gasteiger partial charge in [-0.1, -0.05) is 22.0 Å². The Balaban J connectivity index is 1.54. The molecule has 1 spiro atoms. The van der Waals surface area contributed by atoms with Crippen LogP contribution in [0.1, 0.15) is 36.8 Å². The van der Waals surface area contributed by atoms with E-state index in [-0.39, 0.29) is 5.41 Å². The lowest BCUT2D eigenvalue weighted by atomic mass is 9.68. The second kappa shape index (κ2) is 5.73. The summed E-state index contributed by atoms with van der Waals surface area (Å²) in [5, 5.41) is 0. The number of hydrogen-bond donors (Lipinski definition) is 0. The first-order valence-corrected chi connectivity index (χ1v) is 9.12. The highest BCUT2D eigenvalue weighted by Crippen LogP contribution is 2.47. The number of rotatable bonds is 1. The Kier molecular flexibility index (Phi) is 3.87. The molecule has 2 aliphatic carbocycles. The topological polar surface area (TPSA) is 29.5 Å². The van der Waals surface area contributed by atoms with Gasteiger partial charge in [0.1, 0.15) is 5.78 Å². The number of morpholine rings is 1. The molecule has 4 heteroatoms. The molecule has 1 aliphatic heterocycles. The highest BCUT2D eigenvalue weighted by molar-refractivity contribution is 9.10. The zero-order chi connectivity index (χ0) is 15.2. The molecule has 118 valence electrons. The maximum absolute atomic E-state index is 12.8. The molecule has 2 fully saturated rings. The number of ether oxygens (including phenoxy) is 1. The summed E-state index contributed by atoms with van der Waals surface area (Å²) in [7, 11) is 0. The van der Waals surface area contributed by atoms with Crippen molar-refractivity contribution in [1.29, 1.82) is 0 Å². The maximum Gasteiger partial charge on any atom is 0.147 e. The summed E-state index contributed by atoms with van der Waals surface area (Å²) in [6.07, 6.45) is 4.93. The van der Waals surface area contributed by atoms with E-state index in [2.05, 4.69) is 39.0 Å². The summed E-state index contributed by atoms with van der Waals surface area (Å²) in [6.45, 7) is 3.82. The molecular formula is C18H22BrNO2. The standard InChI is InChI=1S/C18H22BrNO2/c19-14-1-2-16-13(11-14)12-17(21)18(16)5-3-15(4-6-18)20-7-9-22-10-8-20/h1-2,11,15H,3-10,12H2. The van der Waals surface area contributed by atoms with Crippen LogP contribution in [0.2, 0.25) is 0 Å². The Morgan fingerprint density at radius 2 is 1.91 bits per heavy atom. The Hall–Kier alpha value is -0.710. The van der Waals surface area contributed by atoms with E-state index >= 15 is 0 Å². The van der Waals surface area contributed by atoms with Crippen molar-refractivity contribution in [2.24, 2.45) is 0 Å². The highest BCUT2D eigenvalue weighted by Gasteiger charge is 2.48. The molecule has 0 radical (unpaired) electrons. The molecule has 1 saturated heterocycles. The van der Waals surface area contributed by atoms with Gasteiger partial charge in [-0.15, -0.1) is 0 Å². The third-order valence-corrected chi connectivity index (χ3v) is 6.33. The fourth-order valence-corrected chi connectivity index (χ4v) is 5.03. The summed E-state index contributed by atoms with van der Waals surface area (Å²) < 4.78 is 6.54. The van der Waals surface area contributed by atoms with Crippen LogP contribution in [-0.2, 0) is 21.4 Å². The van der Waals surface area contributed by atoms with E-state index in [1.165, 1.54) is 11.1 Å². The third kappa shape index (κ3) is 2.36. The molecule has 22 heavy (non-hydrogen) atoms. The van der Waals surface area contributed by atoms with Gasteiger partial charge in [0, 0.05) is 30.0 Å². The molecule has 3 nitrogen and oxygen atoms in total. The van der Waals surface area contributed by atoms with Crippen molar-refractivity contribution in [3.63, 3.8) is 0 Å². The zero-order valence-corrected chi connectivity index (χ0v) is 14.4. The minimum Gasteiger partial charge on any atom is -0.379 e. The van der Waals surface area contributed by atoms with Crippen LogP contribution < -0.4 is 0 Å². The number of carbonyl (C=O) groups excluding carboxylic acids is 1. The molecule has 0 aromatic heterocycles. The molecule has 0 N–H and O–H groups in total. The van der Waals surface area contributed by atoms with Crippen LogP contribution in [0.25, 0.3) is 0 Å². The van der Waals surface area contributed by atoms with Crippen LogP contribution in [-0.4, -0.2) is 43.0 Å². The average molecular weight is 364 g/mol. The summed E-state index contributed by atoms with van der Waals surface area (Å²) >= 11 is 3.53. The van der Waals surface area contributed by atoms with Crippen molar-refractivity contribution in [2.75, 3.05) is 26.3 Å². The molecule has 1 aromatic rings. The van der Waals surface area contributed by atoms with E-state index in [4.69, 9.17) is 4.74 Å². The minimum absolute atomic E-state index is 0.182. The van der Waals surface area contributed by atoms with Crippen molar-refractivity contribution in [2.45, 2.75) is 43.6 Å². The van der Waals surface area contributed by atoms with Crippen molar-refractivity contribution in [3.8, 4) is 0 Å². The van der Waals surface area contributed by atoms with Gasteiger partial charge in [0.15, 0.2) is 0 Å². The van der Waals surface area contributed by atoms with Crippen LogP contribution in [0.4, 0.5) is 0 Å². The average Bonchev–Trinajstić information content (AvgIpc) is 2.80. The first-order valence-electron chi connectivity index (χ1n) is 8.33. The van der Waals surface area contributed by atoms with Crippen LogP contribution in [0.15, 0.2) is 22.7 Å². The SMILES string of the molecule is O=C1Cc2cc(Br)ccc2C12CCC(N1CCOCC1)CC2. The lowest BCUT2D eigenvalue weighted by Crippen LogP contribution is -2.48. The summed E-state index contributed by atoms with van der Waals surface area (Å²) in [5.41, 5.74) is 2.36. The van der Waals surface area contributed by atoms with Crippen molar-refractivity contribution in [3.05, 3.63) is 33.8 Å². The minimum atomic E-state index is -0.182. The summed E-state index contributed by atoms with van der Waals surface area (Å²) in [4.78, 5) is 15.3. The van der Waals surface area contributed by atoms with Gasteiger partial charge in [0.05, 0.1) is 18.6 Å². The second-order valence-corrected chi connectivity index (χ2v) is 7.78. The molecule has 0 bridgehead atoms. The quantitative estimate of drug-likeness (QED) is 0.767. The Labute approximate surface area is 140 Å². The number of carbonyl (C=O) groups is 1. The molecule has 0 atom stereocenters. The van der Waals surface area contributed by atoms with Crippen molar-refractivity contribution < 1.29 is 9.53 Å². The lowest BCUT2D eigenvalue weighted by Gasteiger charge is -2.42. The van der Waals surface area contributed by atoms with Gasteiger partial charge in [0.25, 0.3) is 0 Å². The van der Waals surface area contributed by atoms with E-state index in [9.17, 15) is 4.79 Å². The fourth-order valence-electron chi connectivity index (χ4n) is 4.62. The smallest absolute Gasteiger partial charge is 0.147 e. The lowest BCUT2D eigenvalue weighted by molar-refractivity contribution is -0.124. The number of benzene rings is 1. The number of nitrogens with zero attached hydrogens (tertiary/aromatic N) is 1. The van der Waals surface area contributed by atoms with Crippen LogP contribution in [0.5, 0.6) is 0 Å². The molecule has 1 saturated carbocycles. The number of fused-ring (bicyclic) bond motifs is 2. The highest BCUT2D eigenvalue weighted by atomic mass is 79.9. The van der Waals surface area contributed by atoms with E-state index in [1.807, 2.05) is 0 Å². The number of hydrogen-bond acceptors (Lipinski definition) is 3. The Morgan fingerprint density at radius 1 is 1.18 bits per heavy atom. The van der Waals surface area contributed by atoms with E-state index in [0.717, 1.165) is 56.5 Å². The number of halogens is 1. The molecule has 1 heterocycles. The van der Waals surface area contributed by atoms with Crippen molar-refractivity contribution >= 4 is 21.7 Å². The van der Waals surface area contributed by atoms with E-state index in [1.54, 1.807) is 0 Å². The largest absolute Gasteiger partial charge is 0.379 e. The van der Waals surface area contributed by atoms with Gasteiger partial charge < -0.3 is 4.74 Å². The number of Topliss-reactive ketones (excluding diaryl/α,β-unsaturated/α-hetero) is 1. The normalized spacial score (nSPS) is 32.4. The molecule has 0 unspecified atom stereocenters. The van der Waals surface area contributed by atoms with Crippen molar-refractivity contribution in [1.82, 2.24) is 4.90 Å². The first-order chi connectivity index (χ1) is 10.7. The summed E-state index contributed by atoms with van der Waals surface area (Å²) in [6, 6.07) is 7.05. The molecule has 3 aliphatic rings. The second-order valence-electron chi connectivity index (χ2n) is 6.86. The Morgan fingerprint density at radius 3 is 2.64 bits per heavy atom. The van der Waals surface area contributed by atoms with Gasteiger partial charge in [0.2, 0.25) is 0 Å². The molecule has 0 amide bonds. The predicted octanol–water partition coefficient (Wildman–Crippen LogP) is 3.09. The predicted molar refractivity (Wildman–Crippen MR) is 89.2 cm³/mol. The van der Waals surface area contributed by atoms with Gasteiger partial charge in [-0.3, -0.25) is 9.69 Å². The maximum atomic E-state index is 12.8. The zero-order valence-electron chi connectivity index (χ0n) is 12.8. The van der Waals surface area contributed by atoms with Gasteiger partial charge in [-0.05, 0) is 48.9 Å². The van der Waals surface area contributed by atoms with Crippen LogP contribution in [0.3, 0.4) is 0 Å². The summed E-state index contributed by atoms with van der Waals surface area (Å²) in [5.74, 6) is 0.445. The third-order valence-electron chi connectivity index (χ3n) is 5.84. The van der Waals surface area contributed by atoms with Crippen LogP contribution >= 0.6 is 15.9 Å². The van der Waals surface area contributed by atoms with Gasteiger partial charge in [-0.2, -0.15) is 0 Å². The first kappa shape index (κ1) is 14.9. The number of ketones is 1. The van der Waals surface area contributed by atoms with E-state index < -0.39 is 0 Å².